The number of aromatic nitrogens is 3. The molecule has 112 valence electrons. The second-order valence-electron chi connectivity index (χ2n) is 5.22. The van der Waals surface area contributed by atoms with Crippen molar-refractivity contribution in [2.75, 3.05) is 11.9 Å². The van der Waals surface area contributed by atoms with E-state index in [-0.39, 0.29) is 5.92 Å². The van der Waals surface area contributed by atoms with E-state index in [0.29, 0.717) is 11.6 Å². The fourth-order valence-corrected chi connectivity index (χ4v) is 1.79. The van der Waals surface area contributed by atoms with Crippen molar-refractivity contribution >= 4 is 5.82 Å². The van der Waals surface area contributed by atoms with Crippen LogP contribution in [0.5, 0.6) is 11.6 Å². The molecule has 2 aromatic rings. The summed E-state index contributed by atoms with van der Waals surface area (Å²) in [6.07, 6.45) is 2.79. The minimum atomic E-state index is 0.241. The molecule has 2 heterocycles. The number of pyridine rings is 1. The Kier molecular flexibility index (Phi) is 5.09. The van der Waals surface area contributed by atoms with Crippen molar-refractivity contribution in [1.82, 2.24) is 15.0 Å². The van der Waals surface area contributed by atoms with Crippen LogP contribution >= 0.6 is 0 Å². The lowest BCUT2D eigenvalue weighted by molar-refractivity contribution is 0.451. The molecule has 0 atom stereocenters. The van der Waals surface area contributed by atoms with E-state index in [1.165, 1.54) is 0 Å². The highest BCUT2D eigenvalue weighted by atomic mass is 16.5. The molecule has 0 aliphatic heterocycles. The molecule has 5 heteroatoms. The van der Waals surface area contributed by atoms with E-state index >= 15 is 0 Å². The van der Waals surface area contributed by atoms with Gasteiger partial charge in [-0.25, -0.2) is 4.98 Å². The third-order valence-corrected chi connectivity index (χ3v) is 2.97. The molecule has 0 bridgehead atoms. The van der Waals surface area contributed by atoms with Crippen LogP contribution in [0.2, 0.25) is 0 Å². The standard InChI is InChI=1S/C16H22N4O/c1-5-8-18-14-10-15(20-16(19-14)11(2)3)21-13-7-6-9-17-12(13)4/h6-7,9-11H,5,8H2,1-4H3,(H,18,19,20). The molecule has 0 saturated carbocycles. The molecule has 21 heavy (non-hydrogen) atoms. The summed E-state index contributed by atoms with van der Waals surface area (Å²) in [6, 6.07) is 5.57. The van der Waals surface area contributed by atoms with Gasteiger partial charge < -0.3 is 10.1 Å². The van der Waals surface area contributed by atoms with Gasteiger partial charge in [-0.05, 0) is 25.5 Å². The van der Waals surface area contributed by atoms with E-state index in [1.54, 1.807) is 6.20 Å². The van der Waals surface area contributed by atoms with Gasteiger partial charge in [0.15, 0.2) is 5.75 Å². The first-order chi connectivity index (χ1) is 10.1. The Morgan fingerprint density at radius 2 is 2.10 bits per heavy atom. The SMILES string of the molecule is CCCNc1cc(Oc2cccnc2C)nc(C(C)C)n1. The minimum Gasteiger partial charge on any atom is -0.437 e. The van der Waals surface area contributed by atoms with E-state index in [9.17, 15) is 0 Å². The third kappa shape index (κ3) is 4.15. The van der Waals surface area contributed by atoms with Gasteiger partial charge >= 0.3 is 0 Å². The van der Waals surface area contributed by atoms with Crippen LogP contribution in [0, 0.1) is 6.92 Å². The molecule has 1 N–H and O–H groups in total. The summed E-state index contributed by atoms with van der Waals surface area (Å²) in [5.41, 5.74) is 0.838. The van der Waals surface area contributed by atoms with Crippen LogP contribution < -0.4 is 10.1 Å². The van der Waals surface area contributed by atoms with E-state index < -0.39 is 0 Å². The number of hydrogen-bond donors (Lipinski definition) is 1. The van der Waals surface area contributed by atoms with E-state index in [4.69, 9.17) is 4.74 Å². The zero-order chi connectivity index (χ0) is 15.2. The van der Waals surface area contributed by atoms with Crippen LogP contribution in [0.15, 0.2) is 24.4 Å². The van der Waals surface area contributed by atoms with E-state index in [0.717, 1.165) is 30.3 Å². The van der Waals surface area contributed by atoms with Crippen molar-refractivity contribution in [2.45, 2.75) is 40.0 Å². The van der Waals surface area contributed by atoms with Gasteiger partial charge in [0, 0.05) is 24.7 Å². The number of anilines is 1. The molecule has 0 aliphatic rings. The van der Waals surface area contributed by atoms with Crippen LogP contribution in [-0.2, 0) is 0 Å². The highest BCUT2D eigenvalue weighted by Gasteiger charge is 2.10. The number of rotatable bonds is 6. The van der Waals surface area contributed by atoms with Crippen LogP contribution in [0.25, 0.3) is 0 Å². The number of hydrogen-bond acceptors (Lipinski definition) is 5. The highest BCUT2D eigenvalue weighted by Crippen LogP contribution is 2.25. The second-order valence-corrected chi connectivity index (χ2v) is 5.22. The van der Waals surface area contributed by atoms with E-state index in [2.05, 4.69) is 41.0 Å². The predicted molar refractivity (Wildman–Crippen MR) is 83.9 cm³/mol. The fourth-order valence-electron chi connectivity index (χ4n) is 1.79. The van der Waals surface area contributed by atoms with Crippen LogP contribution in [0.3, 0.4) is 0 Å². The van der Waals surface area contributed by atoms with Crippen LogP contribution in [0.4, 0.5) is 5.82 Å². The summed E-state index contributed by atoms with van der Waals surface area (Å²) in [7, 11) is 0. The maximum Gasteiger partial charge on any atom is 0.224 e. The number of nitrogens with one attached hydrogen (secondary N) is 1. The monoisotopic (exact) mass is 286 g/mol. The minimum absolute atomic E-state index is 0.241. The molecule has 0 unspecified atom stereocenters. The lowest BCUT2D eigenvalue weighted by Crippen LogP contribution is -2.07. The first-order valence-electron chi connectivity index (χ1n) is 7.32. The molecule has 2 rings (SSSR count). The molecule has 5 nitrogen and oxygen atoms in total. The molecular weight excluding hydrogens is 264 g/mol. The second kappa shape index (κ2) is 7.02. The zero-order valence-corrected chi connectivity index (χ0v) is 13.1. The van der Waals surface area contributed by atoms with Gasteiger partial charge in [-0.15, -0.1) is 0 Å². The number of aryl methyl sites for hydroxylation is 1. The van der Waals surface area contributed by atoms with Gasteiger partial charge in [-0.3, -0.25) is 4.98 Å². The average Bonchev–Trinajstić information content (AvgIpc) is 2.47. The maximum atomic E-state index is 5.87. The van der Waals surface area contributed by atoms with Gasteiger partial charge in [-0.1, -0.05) is 20.8 Å². The lowest BCUT2D eigenvalue weighted by atomic mass is 10.2. The first-order valence-corrected chi connectivity index (χ1v) is 7.32. The molecule has 0 fully saturated rings. The number of nitrogens with zero attached hydrogens (tertiary/aromatic N) is 3. The molecule has 0 saturated heterocycles. The smallest absolute Gasteiger partial charge is 0.224 e. The normalized spacial score (nSPS) is 10.7. The Labute approximate surface area is 125 Å². The van der Waals surface area contributed by atoms with Crippen molar-refractivity contribution in [1.29, 1.82) is 0 Å². The summed E-state index contributed by atoms with van der Waals surface area (Å²) in [5, 5.41) is 3.28. The Morgan fingerprint density at radius 1 is 1.29 bits per heavy atom. The molecule has 0 spiro atoms. The zero-order valence-electron chi connectivity index (χ0n) is 13.1. The van der Waals surface area contributed by atoms with E-state index in [1.807, 2.05) is 25.1 Å². The first kappa shape index (κ1) is 15.2. The average molecular weight is 286 g/mol. The molecule has 0 radical (unpaired) electrons. The Balaban J connectivity index is 2.29. The summed E-state index contributed by atoms with van der Waals surface area (Å²) in [6.45, 7) is 9.04. The topological polar surface area (TPSA) is 59.9 Å². The summed E-state index contributed by atoms with van der Waals surface area (Å²) < 4.78 is 5.87. The highest BCUT2D eigenvalue weighted by molar-refractivity contribution is 5.41. The molecule has 0 amide bonds. The van der Waals surface area contributed by atoms with Crippen LogP contribution in [-0.4, -0.2) is 21.5 Å². The van der Waals surface area contributed by atoms with Gasteiger partial charge in [0.25, 0.3) is 0 Å². The van der Waals surface area contributed by atoms with Crippen molar-refractivity contribution in [3.05, 3.63) is 35.9 Å². The molecule has 0 aromatic carbocycles. The predicted octanol–water partition coefficient (Wildman–Crippen LogP) is 3.92. The van der Waals surface area contributed by atoms with Crippen molar-refractivity contribution < 1.29 is 4.74 Å². The summed E-state index contributed by atoms with van der Waals surface area (Å²) >= 11 is 0. The Hall–Kier alpha value is -2.17. The molecule has 2 aromatic heterocycles. The summed E-state index contributed by atoms with van der Waals surface area (Å²) in [4.78, 5) is 13.2. The van der Waals surface area contributed by atoms with Crippen molar-refractivity contribution in [3.63, 3.8) is 0 Å². The Morgan fingerprint density at radius 3 is 2.76 bits per heavy atom. The number of ether oxygens (including phenoxy) is 1. The molecular formula is C16H22N4O. The quantitative estimate of drug-likeness (QED) is 0.872. The molecule has 0 aliphatic carbocycles. The largest absolute Gasteiger partial charge is 0.437 e. The third-order valence-electron chi connectivity index (χ3n) is 2.97. The van der Waals surface area contributed by atoms with Gasteiger partial charge in [0.05, 0.1) is 5.69 Å². The summed E-state index contributed by atoms with van der Waals surface area (Å²) in [5.74, 6) is 3.07. The van der Waals surface area contributed by atoms with Gasteiger partial charge in [-0.2, -0.15) is 4.98 Å². The fraction of sp³-hybridized carbons (Fsp3) is 0.438. The van der Waals surface area contributed by atoms with Gasteiger partial charge in [0.1, 0.15) is 11.6 Å². The van der Waals surface area contributed by atoms with Crippen molar-refractivity contribution in [3.8, 4) is 11.6 Å². The van der Waals surface area contributed by atoms with Gasteiger partial charge in [0.2, 0.25) is 5.88 Å². The van der Waals surface area contributed by atoms with Crippen LogP contribution in [0.1, 0.15) is 44.6 Å². The lowest BCUT2D eigenvalue weighted by Gasteiger charge is -2.12. The Bertz CT molecular complexity index is 599. The maximum absolute atomic E-state index is 5.87. The van der Waals surface area contributed by atoms with Crippen molar-refractivity contribution in [2.24, 2.45) is 0 Å².